The van der Waals surface area contributed by atoms with Gasteiger partial charge in [0.25, 0.3) is 9.03 Å². The Morgan fingerprint density at radius 1 is 0.576 bits per heavy atom. The van der Waals surface area contributed by atoms with Gasteiger partial charge in [0, 0.05) is 5.56 Å². The van der Waals surface area contributed by atoms with Crippen LogP contribution in [0.1, 0.15) is 28.4 Å². The van der Waals surface area contributed by atoms with Crippen molar-refractivity contribution >= 4 is 18.1 Å². The minimum Gasteiger partial charge on any atom is -0.450 e. The van der Waals surface area contributed by atoms with E-state index in [-0.39, 0.29) is 24.2 Å². The number of hydrogen-bond acceptors (Lipinski definition) is 4. The zero-order chi connectivity index (χ0) is 22.9. The van der Waals surface area contributed by atoms with E-state index in [9.17, 15) is 0 Å². The number of benzene rings is 4. The predicted octanol–water partition coefficient (Wildman–Crippen LogP) is 7.96. The Hall–Kier alpha value is -2.90. The van der Waals surface area contributed by atoms with Gasteiger partial charge in [-0.15, -0.1) is 0 Å². The fourth-order valence-electron chi connectivity index (χ4n) is 3.32. The first-order valence-electron chi connectivity index (χ1n) is 10.6. The van der Waals surface area contributed by atoms with E-state index in [1.807, 2.05) is 117 Å². The molecule has 3 unspecified atom stereocenters. The maximum absolute atomic E-state index is 6.27. The average molecular weight is 476 g/mol. The zero-order valence-electron chi connectivity index (χ0n) is 18.5. The van der Waals surface area contributed by atoms with Crippen LogP contribution in [0.25, 0.3) is 0 Å². The molecule has 0 N–H and O–H groups in total. The van der Waals surface area contributed by atoms with Gasteiger partial charge in [0.05, 0.1) is 0 Å². The molecule has 0 aliphatic heterocycles. The molecule has 4 rings (SSSR count). The first kappa shape index (κ1) is 23.3. The Morgan fingerprint density at radius 2 is 1.18 bits per heavy atom. The fourth-order valence-corrected chi connectivity index (χ4v) is 4.49. The Balaban J connectivity index is 1.49. The van der Waals surface area contributed by atoms with E-state index >= 15 is 0 Å². The molecule has 4 nitrogen and oxygen atoms in total. The molecule has 0 spiro atoms. The number of rotatable bonds is 10. The number of aryl methyl sites for hydroxylation is 2. The van der Waals surface area contributed by atoms with E-state index < -0.39 is 0 Å². The van der Waals surface area contributed by atoms with Gasteiger partial charge in [-0.1, -0.05) is 72.8 Å². The summed E-state index contributed by atoms with van der Waals surface area (Å²) in [5, 5.41) is 0. The quantitative estimate of drug-likeness (QED) is 0.218. The highest BCUT2D eigenvalue weighted by Crippen LogP contribution is 2.40. The Kier molecular flexibility index (Phi) is 8.33. The molecule has 6 heteroatoms. The second-order valence-corrected chi connectivity index (χ2v) is 8.73. The molecular formula is C27H26O4P2. The minimum absolute atomic E-state index is 0.172. The van der Waals surface area contributed by atoms with Gasteiger partial charge in [-0.25, -0.2) is 0 Å². The smallest absolute Gasteiger partial charge is 0.275 e. The van der Waals surface area contributed by atoms with Gasteiger partial charge in [0.2, 0.25) is 9.03 Å². The van der Waals surface area contributed by atoms with Crippen molar-refractivity contribution in [2.45, 2.75) is 20.0 Å². The van der Waals surface area contributed by atoms with Crippen molar-refractivity contribution in [3.05, 3.63) is 125 Å². The predicted molar refractivity (Wildman–Crippen MR) is 137 cm³/mol. The first-order chi connectivity index (χ1) is 16.2. The second-order valence-electron chi connectivity index (χ2n) is 7.55. The van der Waals surface area contributed by atoms with E-state index in [1.54, 1.807) is 0 Å². The molecule has 33 heavy (non-hydrogen) atoms. The minimum atomic E-state index is -0.339. The van der Waals surface area contributed by atoms with Gasteiger partial charge in [-0.3, -0.25) is 0 Å². The molecule has 0 saturated heterocycles. The van der Waals surface area contributed by atoms with Crippen LogP contribution in [0.4, 0.5) is 0 Å². The van der Waals surface area contributed by atoms with Gasteiger partial charge in [0.15, 0.2) is 0 Å². The summed E-state index contributed by atoms with van der Waals surface area (Å²) < 4.78 is 24.0. The van der Waals surface area contributed by atoms with E-state index in [1.165, 1.54) is 0 Å². The number of hydrogen-bond donors (Lipinski definition) is 0. The van der Waals surface area contributed by atoms with Crippen LogP contribution in [0, 0.1) is 13.8 Å². The van der Waals surface area contributed by atoms with Crippen LogP contribution in [0.15, 0.2) is 103 Å². The van der Waals surface area contributed by atoms with E-state index in [0.717, 1.165) is 39.5 Å². The zero-order valence-corrected chi connectivity index (χ0v) is 20.5. The van der Waals surface area contributed by atoms with Gasteiger partial charge in [-0.05, 0) is 60.9 Å². The third-order valence-corrected chi connectivity index (χ3v) is 6.19. The molecule has 0 aliphatic rings. The molecule has 0 heterocycles. The van der Waals surface area contributed by atoms with Crippen LogP contribution in [0.3, 0.4) is 0 Å². The summed E-state index contributed by atoms with van der Waals surface area (Å²) in [4.78, 5) is 0. The van der Waals surface area contributed by atoms with Gasteiger partial charge in [-0.2, -0.15) is 0 Å². The lowest BCUT2D eigenvalue weighted by Crippen LogP contribution is -2.04. The van der Waals surface area contributed by atoms with E-state index in [4.69, 9.17) is 18.1 Å². The summed E-state index contributed by atoms with van der Waals surface area (Å²) in [6, 6.07) is 33.8. The molecule has 4 aromatic carbocycles. The summed E-state index contributed by atoms with van der Waals surface area (Å²) in [6.45, 7) is 4.07. The van der Waals surface area contributed by atoms with Crippen LogP contribution in [-0.4, -0.2) is 0 Å². The molecule has 0 bridgehead atoms. The molecule has 0 radical (unpaired) electrons. The van der Waals surface area contributed by atoms with E-state index in [0.29, 0.717) is 0 Å². The lowest BCUT2D eigenvalue weighted by molar-refractivity contribution is 0.258. The van der Waals surface area contributed by atoms with E-state index in [2.05, 4.69) is 0 Å². The van der Waals surface area contributed by atoms with Gasteiger partial charge < -0.3 is 18.1 Å². The summed E-state index contributed by atoms with van der Waals surface area (Å²) in [7, 11) is -0.348. The maximum atomic E-state index is 6.27. The standard InChI is InChI=1S/C27H26O4P2/c1-20-10-8-14-23(18-20)28-32-30-26-17-7-6-16-25(26)27(22-12-4-3-5-13-22)31-33-29-24-15-9-11-21(2)19-24/h3-19,27,32-33H,1-2H3. The summed E-state index contributed by atoms with van der Waals surface area (Å²) in [6.07, 6.45) is -0.339. The monoisotopic (exact) mass is 476 g/mol. The summed E-state index contributed by atoms with van der Waals surface area (Å²) in [5.74, 6) is 2.30. The van der Waals surface area contributed by atoms with Crippen molar-refractivity contribution in [2.75, 3.05) is 0 Å². The van der Waals surface area contributed by atoms with Crippen molar-refractivity contribution in [2.24, 2.45) is 0 Å². The highest BCUT2D eigenvalue weighted by atomic mass is 31.1. The van der Waals surface area contributed by atoms with Crippen molar-refractivity contribution < 1.29 is 18.1 Å². The lowest BCUT2D eigenvalue weighted by Gasteiger charge is -2.21. The lowest BCUT2D eigenvalue weighted by atomic mass is 10.0. The van der Waals surface area contributed by atoms with Gasteiger partial charge >= 0.3 is 0 Å². The van der Waals surface area contributed by atoms with Gasteiger partial charge in [0.1, 0.15) is 23.4 Å². The van der Waals surface area contributed by atoms with Crippen molar-refractivity contribution in [1.82, 2.24) is 0 Å². The van der Waals surface area contributed by atoms with Crippen molar-refractivity contribution in [1.29, 1.82) is 0 Å². The van der Waals surface area contributed by atoms with Crippen molar-refractivity contribution in [3.8, 4) is 17.2 Å². The molecular weight excluding hydrogens is 450 g/mol. The first-order valence-corrected chi connectivity index (χ1v) is 12.3. The maximum Gasteiger partial charge on any atom is 0.275 e. The second kappa shape index (κ2) is 11.8. The third-order valence-electron chi connectivity index (χ3n) is 4.92. The fraction of sp³-hybridized carbons (Fsp3) is 0.111. The Bertz CT molecular complexity index is 1170. The topological polar surface area (TPSA) is 36.9 Å². The Morgan fingerprint density at radius 3 is 1.85 bits per heavy atom. The molecule has 0 amide bonds. The SMILES string of the molecule is Cc1cccc(OPOc2ccccc2C(OPOc2cccc(C)c2)c2ccccc2)c1. The summed E-state index contributed by atoms with van der Waals surface area (Å²) >= 11 is 0. The molecule has 4 aromatic rings. The number of para-hydroxylation sites is 1. The molecule has 0 aromatic heterocycles. The largest absolute Gasteiger partial charge is 0.450 e. The van der Waals surface area contributed by atoms with Crippen LogP contribution in [0.5, 0.6) is 17.2 Å². The average Bonchev–Trinajstić information content (AvgIpc) is 2.83. The van der Waals surface area contributed by atoms with Crippen LogP contribution >= 0.6 is 18.1 Å². The molecule has 0 fully saturated rings. The Labute approximate surface area is 198 Å². The normalized spacial score (nSPS) is 12.3. The van der Waals surface area contributed by atoms with Crippen LogP contribution in [0.2, 0.25) is 0 Å². The molecule has 3 atom stereocenters. The van der Waals surface area contributed by atoms with Crippen LogP contribution in [-0.2, 0) is 4.52 Å². The molecule has 0 aliphatic carbocycles. The van der Waals surface area contributed by atoms with Crippen molar-refractivity contribution in [3.63, 3.8) is 0 Å². The third kappa shape index (κ3) is 6.79. The highest BCUT2D eigenvalue weighted by Gasteiger charge is 2.20. The summed E-state index contributed by atoms with van der Waals surface area (Å²) in [5.41, 5.74) is 4.23. The highest BCUT2D eigenvalue weighted by molar-refractivity contribution is 7.27. The van der Waals surface area contributed by atoms with Crippen LogP contribution < -0.4 is 13.6 Å². The molecule has 168 valence electrons. The molecule has 0 saturated carbocycles.